The van der Waals surface area contributed by atoms with Crippen molar-refractivity contribution in [3.8, 4) is 17.0 Å². The zero-order valence-corrected chi connectivity index (χ0v) is 11.6. The van der Waals surface area contributed by atoms with Crippen molar-refractivity contribution in [3.05, 3.63) is 41.9 Å². The van der Waals surface area contributed by atoms with Gasteiger partial charge in [-0.2, -0.15) is 0 Å². The number of benzene rings is 1. The van der Waals surface area contributed by atoms with E-state index in [1.165, 1.54) is 6.33 Å². The SMILES string of the molecule is Cc1ncnc(-c2ccc(OC(C)C)cc2)c1C(=O)O. The summed E-state index contributed by atoms with van der Waals surface area (Å²) in [5.41, 5.74) is 1.72. The van der Waals surface area contributed by atoms with Crippen molar-refractivity contribution >= 4 is 5.97 Å². The molecule has 1 aromatic carbocycles. The van der Waals surface area contributed by atoms with E-state index < -0.39 is 5.97 Å². The number of ether oxygens (including phenoxy) is 1. The highest BCUT2D eigenvalue weighted by molar-refractivity contribution is 5.95. The van der Waals surface area contributed by atoms with E-state index in [4.69, 9.17) is 4.74 Å². The highest BCUT2D eigenvalue weighted by Crippen LogP contribution is 2.25. The maximum absolute atomic E-state index is 11.3. The third-order valence-corrected chi connectivity index (χ3v) is 2.75. The Bertz CT molecular complexity index is 622. The number of carbonyl (C=O) groups is 1. The van der Waals surface area contributed by atoms with Crippen LogP contribution in [0.4, 0.5) is 0 Å². The van der Waals surface area contributed by atoms with E-state index in [1.54, 1.807) is 31.2 Å². The monoisotopic (exact) mass is 272 g/mol. The number of aryl methyl sites for hydroxylation is 1. The highest BCUT2D eigenvalue weighted by atomic mass is 16.5. The normalized spacial score (nSPS) is 10.6. The molecular weight excluding hydrogens is 256 g/mol. The van der Waals surface area contributed by atoms with Gasteiger partial charge >= 0.3 is 5.97 Å². The molecular formula is C15H16N2O3. The number of carboxylic acids is 1. The Morgan fingerprint density at radius 1 is 1.20 bits per heavy atom. The summed E-state index contributed by atoms with van der Waals surface area (Å²) >= 11 is 0. The van der Waals surface area contributed by atoms with Crippen molar-refractivity contribution in [2.24, 2.45) is 0 Å². The van der Waals surface area contributed by atoms with Crippen LogP contribution in [0.5, 0.6) is 5.75 Å². The number of rotatable bonds is 4. The summed E-state index contributed by atoms with van der Waals surface area (Å²) in [6, 6.07) is 7.20. The molecule has 0 bridgehead atoms. The van der Waals surface area contributed by atoms with Crippen LogP contribution in [-0.4, -0.2) is 27.1 Å². The lowest BCUT2D eigenvalue weighted by atomic mass is 10.0. The fourth-order valence-electron chi connectivity index (χ4n) is 1.91. The summed E-state index contributed by atoms with van der Waals surface area (Å²) in [6.45, 7) is 5.55. The van der Waals surface area contributed by atoms with E-state index in [2.05, 4.69) is 9.97 Å². The minimum absolute atomic E-state index is 0.0942. The summed E-state index contributed by atoms with van der Waals surface area (Å²) in [7, 11) is 0. The Labute approximate surface area is 117 Å². The molecule has 5 heteroatoms. The lowest BCUT2D eigenvalue weighted by molar-refractivity contribution is 0.0696. The molecule has 1 aromatic heterocycles. The van der Waals surface area contributed by atoms with Gasteiger partial charge in [-0.1, -0.05) is 0 Å². The summed E-state index contributed by atoms with van der Waals surface area (Å²) in [4.78, 5) is 19.3. The van der Waals surface area contributed by atoms with Crippen molar-refractivity contribution in [1.29, 1.82) is 0 Å². The van der Waals surface area contributed by atoms with Crippen LogP contribution in [0.2, 0.25) is 0 Å². The van der Waals surface area contributed by atoms with Crippen LogP contribution < -0.4 is 4.74 Å². The summed E-state index contributed by atoms with van der Waals surface area (Å²) in [6.07, 6.45) is 1.46. The smallest absolute Gasteiger partial charge is 0.339 e. The number of aromatic carboxylic acids is 1. The number of aromatic nitrogens is 2. The van der Waals surface area contributed by atoms with Crippen molar-refractivity contribution in [3.63, 3.8) is 0 Å². The molecule has 1 heterocycles. The first-order valence-electron chi connectivity index (χ1n) is 6.31. The van der Waals surface area contributed by atoms with Gasteiger partial charge in [0.15, 0.2) is 0 Å². The van der Waals surface area contributed by atoms with Gasteiger partial charge in [0.05, 0.1) is 17.5 Å². The molecule has 0 aliphatic rings. The molecule has 0 unspecified atom stereocenters. The average molecular weight is 272 g/mol. The van der Waals surface area contributed by atoms with Gasteiger partial charge in [0.25, 0.3) is 0 Å². The number of hydrogen-bond donors (Lipinski definition) is 1. The Morgan fingerprint density at radius 2 is 1.85 bits per heavy atom. The highest BCUT2D eigenvalue weighted by Gasteiger charge is 2.16. The van der Waals surface area contributed by atoms with Crippen molar-refractivity contribution in [2.45, 2.75) is 26.9 Å². The second kappa shape index (κ2) is 5.69. The molecule has 0 saturated carbocycles. The third-order valence-electron chi connectivity index (χ3n) is 2.75. The summed E-state index contributed by atoms with van der Waals surface area (Å²) in [5.74, 6) is -0.285. The van der Waals surface area contributed by atoms with Crippen LogP contribution in [0, 0.1) is 6.92 Å². The van der Waals surface area contributed by atoms with Crippen LogP contribution in [0.3, 0.4) is 0 Å². The molecule has 1 N–H and O–H groups in total. The fraction of sp³-hybridized carbons (Fsp3) is 0.267. The van der Waals surface area contributed by atoms with Crippen LogP contribution in [0.25, 0.3) is 11.3 Å². The summed E-state index contributed by atoms with van der Waals surface area (Å²) < 4.78 is 5.56. The van der Waals surface area contributed by atoms with Gasteiger partial charge in [-0.05, 0) is 45.0 Å². The predicted molar refractivity (Wildman–Crippen MR) is 74.9 cm³/mol. The van der Waals surface area contributed by atoms with Gasteiger partial charge in [0.1, 0.15) is 17.6 Å². The molecule has 0 spiro atoms. The molecule has 2 aromatic rings. The second-order valence-electron chi connectivity index (χ2n) is 4.68. The molecule has 0 amide bonds. The largest absolute Gasteiger partial charge is 0.491 e. The Hall–Kier alpha value is -2.43. The molecule has 0 aliphatic heterocycles. The number of nitrogens with zero attached hydrogens (tertiary/aromatic N) is 2. The fourth-order valence-corrected chi connectivity index (χ4v) is 1.91. The minimum Gasteiger partial charge on any atom is -0.491 e. The van der Waals surface area contributed by atoms with Gasteiger partial charge < -0.3 is 9.84 Å². The van der Waals surface area contributed by atoms with E-state index >= 15 is 0 Å². The first kappa shape index (κ1) is 14.0. The molecule has 0 atom stereocenters. The maximum Gasteiger partial charge on any atom is 0.339 e. The molecule has 0 saturated heterocycles. The van der Waals surface area contributed by atoms with E-state index in [-0.39, 0.29) is 11.7 Å². The Balaban J connectivity index is 2.42. The van der Waals surface area contributed by atoms with E-state index in [0.717, 1.165) is 11.3 Å². The molecule has 0 fully saturated rings. The molecule has 0 aliphatic carbocycles. The van der Waals surface area contributed by atoms with Gasteiger partial charge in [-0.3, -0.25) is 0 Å². The van der Waals surface area contributed by atoms with Gasteiger partial charge in [-0.25, -0.2) is 14.8 Å². The quantitative estimate of drug-likeness (QED) is 0.926. The van der Waals surface area contributed by atoms with E-state index in [1.807, 2.05) is 13.8 Å². The molecule has 104 valence electrons. The zero-order chi connectivity index (χ0) is 14.7. The first-order valence-corrected chi connectivity index (χ1v) is 6.31. The topological polar surface area (TPSA) is 72.3 Å². The number of carboxylic acid groups (broad SMARTS) is 1. The third kappa shape index (κ3) is 2.93. The Kier molecular flexibility index (Phi) is 3.98. The zero-order valence-electron chi connectivity index (χ0n) is 11.6. The van der Waals surface area contributed by atoms with Crippen LogP contribution >= 0.6 is 0 Å². The molecule has 20 heavy (non-hydrogen) atoms. The van der Waals surface area contributed by atoms with Crippen molar-refractivity contribution in [2.75, 3.05) is 0 Å². The summed E-state index contributed by atoms with van der Waals surface area (Å²) in [5, 5.41) is 9.28. The predicted octanol–water partition coefficient (Wildman–Crippen LogP) is 2.94. The molecule has 0 radical (unpaired) electrons. The molecule has 5 nitrogen and oxygen atoms in total. The van der Waals surface area contributed by atoms with Crippen LogP contribution in [-0.2, 0) is 0 Å². The second-order valence-corrected chi connectivity index (χ2v) is 4.68. The first-order chi connectivity index (χ1) is 9.49. The molecule has 2 rings (SSSR count). The van der Waals surface area contributed by atoms with Gasteiger partial charge in [0.2, 0.25) is 0 Å². The van der Waals surface area contributed by atoms with Crippen LogP contribution in [0.1, 0.15) is 29.9 Å². The van der Waals surface area contributed by atoms with E-state index in [0.29, 0.717) is 11.4 Å². The van der Waals surface area contributed by atoms with Gasteiger partial charge in [0, 0.05) is 5.56 Å². The maximum atomic E-state index is 11.3. The minimum atomic E-state index is -1.03. The Morgan fingerprint density at radius 3 is 2.40 bits per heavy atom. The number of hydrogen-bond acceptors (Lipinski definition) is 4. The lowest BCUT2D eigenvalue weighted by Crippen LogP contribution is -2.07. The van der Waals surface area contributed by atoms with Crippen molar-refractivity contribution in [1.82, 2.24) is 9.97 Å². The lowest BCUT2D eigenvalue weighted by Gasteiger charge is -2.11. The van der Waals surface area contributed by atoms with Gasteiger partial charge in [-0.15, -0.1) is 0 Å². The van der Waals surface area contributed by atoms with Crippen LogP contribution in [0.15, 0.2) is 30.6 Å². The standard InChI is InChI=1S/C15H16N2O3/c1-9(2)20-12-6-4-11(5-7-12)14-13(15(18)19)10(3)16-8-17-14/h4-9H,1-3H3,(H,18,19). The average Bonchev–Trinajstić information content (AvgIpc) is 2.38. The van der Waals surface area contributed by atoms with E-state index in [9.17, 15) is 9.90 Å². The van der Waals surface area contributed by atoms with Crippen molar-refractivity contribution < 1.29 is 14.6 Å².